The number of aromatic amines is 1. The fraction of sp³-hybridized carbons (Fsp3) is 0.0952. The number of thiophene rings is 1. The number of ether oxygens (including phenoxy) is 2. The van der Waals surface area contributed by atoms with Crippen LogP contribution in [0.3, 0.4) is 0 Å². The summed E-state index contributed by atoms with van der Waals surface area (Å²) in [5.41, 5.74) is 1.12. The number of methoxy groups -OCH3 is 2. The van der Waals surface area contributed by atoms with E-state index >= 15 is 0 Å². The third-order valence-corrected chi connectivity index (χ3v) is 5.46. The quantitative estimate of drug-likeness (QED) is 0.472. The summed E-state index contributed by atoms with van der Waals surface area (Å²) < 4.78 is 24.5. The van der Waals surface area contributed by atoms with E-state index in [1.54, 1.807) is 62.8 Å². The predicted octanol–water partition coefficient (Wildman–Crippen LogP) is 4.61. The van der Waals surface area contributed by atoms with Crippen LogP contribution in [-0.2, 0) is 0 Å². The van der Waals surface area contributed by atoms with Gasteiger partial charge in [-0.3, -0.25) is 15.2 Å². The highest BCUT2D eigenvalue weighted by atomic mass is 32.1. The number of nitrogens with one attached hydrogen (secondary N) is 2. The Hall–Kier alpha value is -3.72. The minimum absolute atomic E-state index is 0.119. The van der Waals surface area contributed by atoms with E-state index in [-0.39, 0.29) is 17.7 Å². The minimum atomic E-state index is -0.380. The Labute approximate surface area is 175 Å². The van der Waals surface area contributed by atoms with Crippen LogP contribution in [-0.4, -0.2) is 35.3 Å². The van der Waals surface area contributed by atoms with Crippen molar-refractivity contribution < 1.29 is 18.7 Å². The Bertz CT molecular complexity index is 1200. The molecule has 0 bridgehead atoms. The molecule has 0 spiro atoms. The monoisotopic (exact) mass is 424 g/mol. The molecule has 1 amide bonds. The number of aromatic nitrogens is 3. The molecule has 152 valence electrons. The molecule has 2 heterocycles. The minimum Gasteiger partial charge on any atom is -0.497 e. The molecule has 0 saturated heterocycles. The lowest BCUT2D eigenvalue weighted by atomic mass is 10.2. The van der Waals surface area contributed by atoms with Gasteiger partial charge in [-0.2, -0.15) is 4.98 Å². The molecular weight excluding hydrogens is 407 g/mol. The highest BCUT2D eigenvalue weighted by Gasteiger charge is 2.16. The maximum absolute atomic E-state index is 14.0. The zero-order chi connectivity index (χ0) is 21.1. The summed E-state index contributed by atoms with van der Waals surface area (Å²) in [6.45, 7) is 0. The number of hydrogen-bond donors (Lipinski definition) is 2. The van der Waals surface area contributed by atoms with E-state index in [9.17, 15) is 9.18 Å². The van der Waals surface area contributed by atoms with Crippen LogP contribution >= 0.6 is 11.3 Å². The van der Waals surface area contributed by atoms with Crippen molar-refractivity contribution in [2.24, 2.45) is 0 Å². The SMILES string of the molecule is COc1ccc(-c2nc(NC(=O)c3ccc(-c4ccccc4F)s3)n[nH]2)c(OC)c1. The maximum atomic E-state index is 14.0. The van der Waals surface area contributed by atoms with Crippen molar-refractivity contribution in [1.82, 2.24) is 15.2 Å². The number of benzene rings is 2. The Morgan fingerprint density at radius 2 is 1.90 bits per heavy atom. The van der Waals surface area contributed by atoms with Gasteiger partial charge in [0.15, 0.2) is 5.82 Å². The first kappa shape index (κ1) is 19.6. The first-order valence-corrected chi connectivity index (χ1v) is 9.71. The molecule has 0 atom stereocenters. The van der Waals surface area contributed by atoms with Gasteiger partial charge in [0, 0.05) is 16.5 Å². The predicted molar refractivity (Wildman–Crippen MR) is 113 cm³/mol. The normalized spacial score (nSPS) is 10.6. The Morgan fingerprint density at radius 3 is 2.67 bits per heavy atom. The van der Waals surface area contributed by atoms with Crippen LogP contribution in [0.5, 0.6) is 11.5 Å². The number of anilines is 1. The van der Waals surface area contributed by atoms with Crippen LogP contribution in [0.1, 0.15) is 9.67 Å². The zero-order valence-corrected chi connectivity index (χ0v) is 16.9. The van der Waals surface area contributed by atoms with Crippen LogP contribution in [0.15, 0.2) is 54.6 Å². The Balaban J connectivity index is 1.52. The van der Waals surface area contributed by atoms with Crippen molar-refractivity contribution in [3.05, 3.63) is 65.3 Å². The number of carbonyl (C=O) groups is 1. The highest BCUT2D eigenvalue weighted by Crippen LogP contribution is 2.32. The molecule has 0 aliphatic carbocycles. The fourth-order valence-electron chi connectivity index (χ4n) is 2.86. The van der Waals surface area contributed by atoms with Crippen molar-refractivity contribution in [1.29, 1.82) is 0 Å². The maximum Gasteiger partial charge on any atom is 0.268 e. The number of carbonyl (C=O) groups excluding carboxylic acids is 1. The molecule has 2 aromatic carbocycles. The van der Waals surface area contributed by atoms with E-state index in [2.05, 4.69) is 20.5 Å². The number of H-pyrrole nitrogens is 1. The van der Waals surface area contributed by atoms with E-state index in [1.165, 1.54) is 17.4 Å². The van der Waals surface area contributed by atoms with Crippen molar-refractivity contribution in [2.45, 2.75) is 0 Å². The Kier molecular flexibility index (Phi) is 5.44. The van der Waals surface area contributed by atoms with Crippen LogP contribution in [0.25, 0.3) is 21.8 Å². The van der Waals surface area contributed by atoms with Gasteiger partial charge in [0.1, 0.15) is 17.3 Å². The molecule has 0 saturated carbocycles. The molecule has 9 heteroatoms. The first-order chi connectivity index (χ1) is 14.6. The molecule has 0 unspecified atom stereocenters. The molecule has 0 radical (unpaired) electrons. The summed E-state index contributed by atoms with van der Waals surface area (Å²) in [5.74, 6) is 1.04. The standard InChI is InChI=1S/C21H17FN4O3S/c1-28-12-7-8-14(16(11-12)29-2)19-23-21(26-25-19)24-20(27)18-10-9-17(30-18)13-5-3-4-6-15(13)22/h3-11H,1-2H3,(H2,23,24,25,26,27). The van der Waals surface area contributed by atoms with Crippen LogP contribution in [0.2, 0.25) is 0 Å². The summed E-state index contributed by atoms with van der Waals surface area (Å²) in [7, 11) is 3.11. The smallest absolute Gasteiger partial charge is 0.268 e. The molecule has 0 aliphatic heterocycles. The Morgan fingerprint density at radius 1 is 1.07 bits per heavy atom. The summed E-state index contributed by atoms with van der Waals surface area (Å²) >= 11 is 1.19. The van der Waals surface area contributed by atoms with Crippen molar-refractivity contribution >= 4 is 23.2 Å². The fourth-order valence-corrected chi connectivity index (χ4v) is 3.79. The van der Waals surface area contributed by atoms with Crippen LogP contribution < -0.4 is 14.8 Å². The first-order valence-electron chi connectivity index (χ1n) is 8.90. The third-order valence-electron chi connectivity index (χ3n) is 4.34. The molecule has 2 aromatic heterocycles. The summed E-state index contributed by atoms with van der Waals surface area (Å²) in [6.07, 6.45) is 0. The van der Waals surface area contributed by atoms with Crippen molar-refractivity contribution in [3.8, 4) is 33.3 Å². The summed E-state index contributed by atoms with van der Waals surface area (Å²) in [5, 5.41) is 9.48. The van der Waals surface area contributed by atoms with Gasteiger partial charge in [0.05, 0.1) is 24.7 Å². The second-order valence-corrected chi connectivity index (χ2v) is 7.26. The molecule has 30 heavy (non-hydrogen) atoms. The molecule has 0 aliphatic rings. The molecule has 4 rings (SSSR count). The largest absolute Gasteiger partial charge is 0.497 e. The average molecular weight is 424 g/mol. The van der Waals surface area contributed by atoms with Crippen LogP contribution in [0.4, 0.5) is 10.3 Å². The van der Waals surface area contributed by atoms with E-state index < -0.39 is 0 Å². The average Bonchev–Trinajstić information content (AvgIpc) is 3.43. The molecule has 0 fully saturated rings. The molecule has 2 N–H and O–H groups in total. The van der Waals surface area contributed by atoms with E-state index in [4.69, 9.17) is 9.47 Å². The highest BCUT2D eigenvalue weighted by molar-refractivity contribution is 7.17. The number of rotatable bonds is 6. The third kappa shape index (κ3) is 3.87. The molecule has 4 aromatic rings. The van der Waals surface area contributed by atoms with E-state index in [0.29, 0.717) is 38.2 Å². The molecule has 7 nitrogen and oxygen atoms in total. The van der Waals surface area contributed by atoms with Crippen molar-refractivity contribution in [2.75, 3.05) is 19.5 Å². The van der Waals surface area contributed by atoms with E-state index in [0.717, 1.165) is 0 Å². The summed E-state index contributed by atoms with van der Waals surface area (Å²) in [6, 6.07) is 15.1. The molecular formula is C21H17FN4O3S. The zero-order valence-electron chi connectivity index (χ0n) is 16.1. The van der Waals surface area contributed by atoms with Gasteiger partial charge in [-0.05, 0) is 30.3 Å². The lowest BCUT2D eigenvalue weighted by Crippen LogP contribution is -2.11. The lowest BCUT2D eigenvalue weighted by molar-refractivity contribution is 0.102. The summed E-state index contributed by atoms with van der Waals surface area (Å²) in [4.78, 5) is 18.0. The number of halogens is 1. The van der Waals surface area contributed by atoms with E-state index in [1.807, 2.05) is 0 Å². The van der Waals surface area contributed by atoms with Gasteiger partial charge in [-0.1, -0.05) is 18.2 Å². The van der Waals surface area contributed by atoms with Gasteiger partial charge >= 0.3 is 0 Å². The van der Waals surface area contributed by atoms with Gasteiger partial charge < -0.3 is 9.47 Å². The van der Waals surface area contributed by atoms with Gasteiger partial charge in [0.25, 0.3) is 5.91 Å². The van der Waals surface area contributed by atoms with Gasteiger partial charge in [-0.15, -0.1) is 16.4 Å². The van der Waals surface area contributed by atoms with Crippen molar-refractivity contribution in [3.63, 3.8) is 0 Å². The second-order valence-electron chi connectivity index (χ2n) is 6.17. The lowest BCUT2D eigenvalue weighted by Gasteiger charge is -2.07. The van der Waals surface area contributed by atoms with Gasteiger partial charge in [-0.25, -0.2) is 4.39 Å². The second kappa shape index (κ2) is 8.34. The van der Waals surface area contributed by atoms with Crippen LogP contribution in [0, 0.1) is 5.82 Å². The number of hydrogen-bond acceptors (Lipinski definition) is 6. The topological polar surface area (TPSA) is 89.1 Å². The number of nitrogens with zero attached hydrogens (tertiary/aromatic N) is 2. The van der Waals surface area contributed by atoms with Gasteiger partial charge in [0.2, 0.25) is 5.95 Å². The number of amides is 1.